The highest BCUT2D eigenvalue weighted by atomic mass is 32.2. The van der Waals surface area contributed by atoms with Gasteiger partial charge >= 0.3 is 7.12 Å². The molecule has 1 atom stereocenters. The topological polar surface area (TPSA) is 77.8 Å². The highest BCUT2D eigenvalue weighted by molar-refractivity contribution is 7.78. The molecule has 1 aromatic carbocycles. The van der Waals surface area contributed by atoms with Crippen LogP contribution in [-0.2, 0) is 16.8 Å². The Morgan fingerprint density at radius 3 is 2.62 bits per heavy atom. The van der Waals surface area contributed by atoms with Crippen molar-refractivity contribution in [1.29, 1.82) is 0 Å². The Hall–Kier alpha value is -0.685. The molecule has 0 aliphatic heterocycles. The normalized spacial score (nSPS) is 12.5. The molecule has 6 heteroatoms. The SMILES string of the molecule is O=S(O)Cc1cccc(B(O)O)c1. The van der Waals surface area contributed by atoms with Gasteiger partial charge in [0.05, 0.1) is 5.75 Å². The average molecular weight is 200 g/mol. The van der Waals surface area contributed by atoms with E-state index in [-0.39, 0.29) is 5.75 Å². The molecule has 4 nitrogen and oxygen atoms in total. The largest absolute Gasteiger partial charge is 0.488 e. The molecule has 0 amide bonds. The minimum atomic E-state index is -1.90. The zero-order valence-electron chi connectivity index (χ0n) is 6.75. The molecule has 0 saturated heterocycles. The van der Waals surface area contributed by atoms with E-state index in [1.165, 1.54) is 12.1 Å². The molecular weight excluding hydrogens is 191 g/mol. The van der Waals surface area contributed by atoms with Crippen LogP contribution >= 0.6 is 0 Å². The lowest BCUT2D eigenvalue weighted by atomic mass is 9.80. The smallest absolute Gasteiger partial charge is 0.423 e. The van der Waals surface area contributed by atoms with Crippen LogP contribution in [0.2, 0.25) is 0 Å². The van der Waals surface area contributed by atoms with Gasteiger partial charge < -0.3 is 14.6 Å². The van der Waals surface area contributed by atoms with Gasteiger partial charge in [0.1, 0.15) is 0 Å². The summed E-state index contributed by atoms with van der Waals surface area (Å²) in [6.45, 7) is 0. The molecule has 1 rings (SSSR count). The van der Waals surface area contributed by atoms with E-state index in [2.05, 4.69) is 0 Å². The van der Waals surface area contributed by atoms with Crippen molar-refractivity contribution >= 4 is 23.7 Å². The third-order valence-corrected chi connectivity index (χ3v) is 2.12. The Labute approximate surface area is 78.7 Å². The van der Waals surface area contributed by atoms with Crippen molar-refractivity contribution in [2.75, 3.05) is 0 Å². The van der Waals surface area contributed by atoms with Crippen LogP contribution in [0.4, 0.5) is 0 Å². The van der Waals surface area contributed by atoms with Gasteiger partial charge in [-0.1, -0.05) is 24.3 Å². The van der Waals surface area contributed by atoms with Crippen LogP contribution in [0.1, 0.15) is 5.56 Å². The third-order valence-electron chi connectivity index (χ3n) is 1.54. The first kappa shape index (κ1) is 10.4. The minimum absolute atomic E-state index is 0.000556. The molecular formula is C7H9BO4S. The van der Waals surface area contributed by atoms with E-state index in [0.29, 0.717) is 11.0 Å². The Balaban J connectivity index is 2.85. The van der Waals surface area contributed by atoms with Crippen molar-refractivity contribution in [3.8, 4) is 0 Å². The molecule has 0 radical (unpaired) electrons. The first-order chi connectivity index (χ1) is 6.09. The second-order valence-electron chi connectivity index (χ2n) is 2.58. The van der Waals surface area contributed by atoms with E-state index < -0.39 is 18.2 Å². The van der Waals surface area contributed by atoms with Gasteiger partial charge in [-0.05, 0) is 11.0 Å². The highest BCUT2D eigenvalue weighted by Gasteiger charge is 2.10. The highest BCUT2D eigenvalue weighted by Crippen LogP contribution is 2.00. The maximum Gasteiger partial charge on any atom is 0.488 e. The first-order valence-corrected chi connectivity index (χ1v) is 4.89. The van der Waals surface area contributed by atoms with Crippen LogP contribution in [0, 0.1) is 0 Å². The summed E-state index contributed by atoms with van der Waals surface area (Å²) >= 11 is -1.90. The lowest BCUT2D eigenvalue weighted by Gasteiger charge is -2.01. The maximum absolute atomic E-state index is 10.4. The Morgan fingerprint density at radius 2 is 2.08 bits per heavy atom. The van der Waals surface area contributed by atoms with Gasteiger partial charge in [-0.15, -0.1) is 0 Å². The predicted molar refractivity (Wildman–Crippen MR) is 50.7 cm³/mol. The number of hydrogen-bond donors (Lipinski definition) is 3. The van der Waals surface area contributed by atoms with Gasteiger partial charge in [0.15, 0.2) is 11.1 Å². The quantitative estimate of drug-likeness (QED) is 0.436. The van der Waals surface area contributed by atoms with Crippen LogP contribution in [0.5, 0.6) is 0 Å². The van der Waals surface area contributed by atoms with E-state index in [9.17, 15) is 4.21 Å². The molecule has 0 fully saturated rings. The lowest BCUT2D eigenvalue weighted by molar-refractivity contribution is 0.425. The minimum Gasteiger partial charge on any atom is -0.423 e. The second-order valence-corrected chi connectivity index (χ2v) is 3.52. The zero-order valence-corrected chi connectivity index (χ0v) is 7.57. The second kappa shape index (κ2) is 4.52. The molecule has 0 saturated carbocycles. The van der Waals surface area contributed by atoms with E-state index in [4.69, 9.17) is 14.6 Å². The van der Waals surface area contributed by atoms with E-state index in [0.717, 1.165) is 0 Å². The zero-order chi connectivity index (χ0) is 9.84. The summed E-state index contributed by atoms with van der Waals surface area (Å²) in [4.78, 5) is 0. The van der Waals surface area contributed by atoms with Gasteiger partial charge in [-0.2, -0.15) is 0 Å². The maximum atomic E-state index is 10.4. The van der Waals surface area contributed by atoms with Gasteiger partial charge in [0, 0.05) is 0 Å². The van der Waals surface area contributed by atoms with E-state index in [1.807, 2.05) is 0 Å². The van der Waals surface area contributed by atoms with Gasteiger partial charge in [0.2, 0.25) is 0 Å². The van der Waals surface area contributed by atoms with Crippen molar-refractivity contribution in [3.05, 3.63) is 29.8 Å². The van der Waals surface area contributed by atoms with Crippen LogP contribution in [0.3, 0.4) is 0 Å². The molecule has 1 unspecified atom stereocenters. The van der Waals surface area contributed by atoms with Gasteiger partial charge in [-0.3, -0.25) is 0 Å². The van der Waals surface area contributed by atoms with E-state index in [1.54, 1.807) is 12.1 Å². The van der Waals surface area contributed by atoms with Crippen LogP contribution in [0.25, 0.3) is 0 Å². The summed E-state index contributed by atoms with van der Waals surface area (Å²) in [6.07, 6.45) is 0. The number of hydrogen-bond acceptors (Lipinski definition) is 3. The summed E-state index contributed by atoms with van der Waals surface area (Å²) in [5.41, 5.74) is 0.925. The Kier molecular flexibility index (Phi) is 3.62. The molecule has 0 spiro atoms. The molecule has 0 aliphatic carbocycles. The summed E-state index contributed by atoms with van der Waals surface area (Å²) in [5.74, 6) is 0.000556. The first-order valence-electron chi connectivity index (χ1n) is 3.62. The van der Waals surface area contributed by atoms with Crippen molar-refractivity contribution in [1.82, 2.24) is 0 Å². The number of benzene rings is 1. The Morgan fingerprint density at radius 1 is 1.38 bits per heavy atom. The fourth-order valence-corrected chi connectivity index (χ4v) is 1.45. The summed E-state index contributed by atoms with van der Waals surface area (Å²) < 4.78 is 19.0. The van der Waals surface area contributed by atoms with Crippen molar-refractivity contribution in [2.24, 2.45) is 0 Å². The average Bonchev–Trinajstić information content (AvgIpc) is 2.03. The van der Waals surface area contributed by atoms with E-state index >= 15 is 0 Å². The number of rotatable bonds is 3. The standard InChI is InChI=1S/C7H9BO4S/c9-8(10)7-3-1-2-6(4-7)5-13(11)12/h1-4,9-10H,5H2,(H,11,12). The summed E-state index contributed by atoms with van der Waals surface area (Å²) in [6, 6.07) is 6.28. The molecule has 13 heavy (non-hydrogen) atoms. The third kappa shape index (κ3) is 3.27. The van der Waals surface area contributed by atoms with Crippen molar-refractivity contribution in [3.63, 3.8) is 0 Å². The molecule has 0 bridgehead atoms. The molecule has 1 aromatic rings. The predicted octanol–water partition coefficient (Wildman–Crippen LogP) is -0.912. The lowest BCUT2D eigenvalue weighted by Crippen LogP contribution is -2.29. The Bertz CT molecular complexity index is 315. The van der Waals surface area contributed by atoms with Crippen molar-refractivity contribution in [2.45, 2.75) is 5.75 Å². The van der Waals surface area contributed by atoms with Crippen molar-refractivity contribution < 1.29 is 18.8 Å². The summed E-state index contributed by atoms with van der Waals surface area (Å²) in [5, 5.41) is 17.6. The van der Waals surface area contributed by atoms with Gasteiger partial charge in [-0.25, -0.2) is 4.21 Å². The van der Waals surface area contributed by atoms with Crippen LogP contribution < -0.4 is 5.46 Å². The fraction of sp³-hybridized carbons (Fsp3) is 0.143. The van der Waals surface area contributed by atoms with Crippen LogP contribution in [-0.4, -0.2) is 25.9 Å². The molecule has 0 aliphatic rings. The molecule has 0 aromatic heterocycles. The summed E-state index contributed by atoms with van der Waals surface area (Å²) in [7, 11) is -1.54. The monoisotopic (exact) mass is 200 g/mol. The fourth-order valence-electron chi connectivity index (χ4n) is 0.986. The van der Waals surface area contributed by atoms with Crippen LogP contribution in [0.15, 0.2) is 24.3 Å². The van der Waals surface area contributed by atoms with Gasteiger partial charge in [0.25, 0.3) is 0 Å². The molecule has 0 heterocycles. The molecule has 70 valence electrons. The molecule has 3 N–H and O–H groups in total.